The number of rotatable bonds is 5. The Balaban J connectivity index is 2.64. The van der Waals surface area contributed by atoms with Crippen LogP contribution in [0.1, 0.15) is 29.8 Å². The highest BCUT2D eigenvalue weighted by atomic mass is 16.6. The molecule has 0 unspecified atom stereocenters. The lowest BCUT2D eigenvalue weighted by atomic mass is 10.1. The first-order valence-electron chi connectivity index (χ1n) is 6.73. The number of imide groups is 1. The second-order valence-corrected chi connectivity index (χ2v) is 4.96. The highest BCUT2D eigenvalue weighted by Crippen LogP contribution is 2.21. The standard InChI is InChI=1S/C14H17N3O6/c1-8(2)15-14(20)16-12(18)7-23-13(19)10-5-4-6-11(9(10)3)17(21)22/h4-6,8H,7H2,1-3H3,(H2,15,16,18,20). The quantitative estimate of drug-likeness (QED) is 0.477. The summed E-state index contributed by atoms with van der Waals surface area (Å²) < 4.78 is 4.76. The lowest BCUT2D eigenvalue weighted by Gasteiger charge is -2.10. The molecule has 0 heterocycles. The van der Waals surface area contributed by atoms with Crippen LogP contribution in [0.4, 0.5) is 10.5 Å². The van der Waals surface area contributed by atoms with E-state index in [-0.39, 0.29) is 22.9 Å². The van der Waals surface area contributed by atoms with Crippen molar-refractivity contribution in [1.29, 1.82) is 0 Å². The number of ether oxygens (including phenoxy) is 1. The number of nitrogens with one attached hydrogen (secondary N) is 2. The first kappa shape index (κ1) is 18.1. The number of urea groups is 1. The van der Waals surface area contributed by atoms with Crippen molar-refractivity contribution in [2.45, 2.75) is 26.8 Å². The van der Waals surface area contributed by atoms with Gasteiger partial charge in [0, 0.05) is 17.7 Å². The predicted molar refractivity (Wildman–Crippen MR) is 79.9 cm³/mol. The number of carbonyl (C=O) groups is 3. The van der Waals surface area contributed by atoms with Gasteiger partial charge in [0.15, 0.2) is 6.61 Å². The molecule has 2 N–H and O–H groups in total. The zero-order chi connectivity index (χ0) is 17.6. The SMILES string of the molecule is Cc1c(C(=O)OCC(=O)NC(=O)NC(C)C)cccc1[N+](=O)[O-]. The summed E-state index contributed by atoms with van der Waals surface area (Å²) in [7, 11) is 0. The molecule has 0 atom stereocenters. The highest BCUT2D eigenvalue weighted by molar-refractivity contribution is 5.97. The Hall–Kier alpha value is -2.97. The number of amides is 3. The summed E-state index contributed by atoms with van der Waals surface area (Å²) in [5.41, 5.74) is -0.0979. The summed E-state index contributed by atoms with van der Waals surface area (Å²) in [6, 6.07) is 3.10. The molecule has 0 saturated heterocycles. The summed E-state index contributed by atoms with van der Waals surface area (Å²) in [6.45, 7) is 4.17. The van der Waals surface area contributed by atoms with E-state index in [1.165, 1.54) is 25.1 Å². The van der Waals surface area contributed by atoms with E-state index in [1.807, 2.05) is 5.32 Å². The van der Waals surface area contributed by atoms with Crippen LogP contribution in [0.25, 0.3) is 0 Å². The van der Waals surface area contributed by atoms with Crippen LogP contribution in [0.15, 0.2) is 18.2 Å². The number of benzene rings is 1. The molecule has 0 saturated carbocycles. The first-order chi connectivity index (χ1) is 10.7. The normalized spacial score (nSPS) is 10.1. The number of nitro groups is 1. The second kappa shape index (κ2) is 7.87. The van der Waals surface area contributed by atoms with Gasteiger partial charge in [0.25, 0.3) is 11.6 Å². The highest BCUT2D eigenvalue weighted by Gasteiger charge is 2.20. The van der Waals surface area contributed by atoms with Crippen molar-refractivity contribution in [2.24, 2.45) is 0 Å². The van der Waals surface area contributed by atoms with Gasteiger partial charge in [-0.15, -0.1) is 0 Å². The Bertz CT molecular complexity index is 641. The maximum atomic E-state index is 11.9. The minimum Gasteiger partial charge on any atom is -0.452 e. The molecular formula is C14H17N3O6. The molecule has 0 radical (unpaired) electrons. The third-order valence-corrected chi connectivity index (χ3v) is 2.73. The Morgan fingerprint density at radius 2 is 1.96 bits per heavy atom. The van der Waals surface area contributed by atoms with Gasteiger partial charge in [-0.1, -0.05) is 6.07 Å². The van der Waals surface area contributed by atoms with Crippen molar-refractivity contribution in [2.75, 3.05) is 6.61 Å². The van der Waals surface area contributed by atoms with E-state index in [2.05, 4.69) is 5.32 Å². The molecule has 124 valence electrons. The van der Waals surface area contributed by atoms with Crippen molar-refractivity contribution in [3.05, 3.63) is 39.4 Å². The Morgan fingerprint density at radius 1 is 1.30 bits per heavy atom. The molecule has 0 spiro atoms. The molecule has 0 bridgehead atoms. The molecular weight excluding hydrogens is 306 g/mol. The van der Waals surface area contributed by atoms with E-state index >= 15 is 0 Å². The maximum Gasteiger partial charge on any atom is 0.339 e. The average molecular weight is 323 g/mol. The van der Waals surface area contributed by atoms with E-state index in [1.54, 1.807) is 13.8 Å². The van der Waals surface area contributed by atoms with E-state index in [9.17, 15) is 24.5 Å². The fourth-order valence-corrected chi connectivity index (χ4v) is 1.71. The van der Waals surface area contributed by atoms with E-state index in [4.69, 9.17) is 4.74 Å². The average Bonchev–Trinajstić information content (AvgIpc) is 2.43. The smallest absolute Gasteiger partial charge is 0.339 e. The third-order valence-electron chi connectivity index (χ3n) is 2.73. The van der Waals surface area contributed by atoms with Crippen LogP contribution in [0.2, 0.25) is 0 Å². The second-order valence-electron chi connectivity index (χ2n) is 4.96. The Kier molecular flexibility index (Phi) is 6.19. The Morgan fingerprint density at radius 3 is 2.52 bits per heavy atom. The van der Waals surface area contributed by atoms with Gasteiger partial charge in [0.2, 0.25) is 0 Å². The number of esters is 1. The first-order valence-corrected chi connectivity index (χ1v) is 6.73. The molecule has 0 aliphatic carbocycles. The van der Waals surface area contributed by atoms with Gasteiger partial charge in [-0.05, 0) is 26.8 Å². The van der Waals surface area contributed by atoms with Crippen LogP contribution in [-0.4, -0.2) is 35.5 Å². The van der Waals surface area contributed by atoms with Crippen LogP contribution >= 0.6 is 0 Å². The van der Waals surface area contributed by atoms with Gasteiger partial charge in [0.05, 0.1) is 10.5 Å². The number of hydrogen-bond donors (Lipinski definition) is 2. The number of carbonyl (C=O) groups excluding carboxylic acids is 3. The van der Waals surface area contributed by atoms with E-state index in [0.29, 0.717) is 0 Å². The third kappa shape index (κ3) is 5.38. The molecule has 0 aliphatic rings. The summed E-state index contributed by atoms with van der Waals surface area (Å²) in [4.78, 5) is 44.9. The van der Waals surface area contributed by atoms with Crippen LogP contribution in [0.5, 0.6) is 0 Å². The molecule has 1 aromatic carbocycles. The topological polar surface area (TPSA) is 128 Å². The molecule has 23 heavy (non-hydrogen) atoms. The van der Waals surface area contributed by atoms with Gasteiger partial charge < -0.3 is 10.1 Å². The van der Waals surface area contributed by atoms with Gasteiger partial charge in [-0.3, -0.25) is 20.2 Å². The van der Waals surface area contributed by atoms with Crippen LogP contribution in [-0.2, 0) is 9.53 Å². The van der Waals surface area contributed by atoms with Gasteiger partial charge in [-0.2, -0.15) is 0 Å². The molecule has 1 rings (SSSR count). The van der Waals surface area contributed by atoms with Crippen molar-refractivity contribution in [3.63, 3.8) is 0 Å². The summed E-state index contributed by atoms with van der Waals surface area (Å²) in [6.07, 6.45) is 0. The molecule has 0 fully saturated rings. The predicted octanol–water partition coefficient (Wildman–Crippen LogP) is 1.29. The van der Waals surface area contributed by atoms with Crippen LogP contribution in [0.3, 0.4) is 0 Å². The van der Waals surface area contributed by atoms with E-state index < -0.39 is 29.4 Å². The largest absolute Gasteiger partial charge is 0.452 e. The summed E-state index contributed by atoms with van der Waals surface area (Å²) in [5.74, 6) is -1.69. The summed E-state index contributed by atoms with van der Waals surface area (Å²) >= 11 is 0. The minimum absolute atomic E-state index is 0.0152. The summed E-state index contributed by atoms with van der Waals surface area (Å²) in [5, 5.41) is 15.2. The van der Waals surface area contributed by atoms with Gasteiger partial charge in [0.1, 0.15) is 0 Å². The van der Waals surface area contributed by atoms with Crippen molar-refractivity contribution in [1.82, 2.24) is 10.6 Å². The number of hydrogen-bond acceptors (Lipinski definition) is 6. The molecule has 3 amide bonds. The molecule has 0 aromatic heterocycles. The number of nitro benzene ring substituents is 1. The van der Waals surface area contributed by atoms with Crippen molar-refractivity contribution in [3.8, 4) is 0 Å². The van der Waals surface area contributed by atoms with Crippen LogP contribution < -0.4 is 10.6 Å². The monoisotopic (exact) mass is 323 g/mol. The lowest BCUT2D eigenvalue weighted by molar-refractivity contribution is -0.385. The van der Waals surface area contributed by atoms with Crippen molar-refractivity contribution < 1.29 is 24.0 Å². The number of nitrogens with zero attached hydrogens (tertiary/aromatic N) is 1. The molecule has 0 aliphatic heterocycles. The molecule has 9 heteroatoms. The van der Waals surface area contributed by atoms with Gasteiger partial charge >= 0.3 is 12.0 Å². The lowest BCUT2D eigenvalue weighted by Crippen LogP contribution is -2.44. The van der Waals surface area contributed by atoms with Crippen LogP contribution in [0, 0.1) is 17.0 Å². The zero-order valence-electron chi connectivity index (χ0n) is 12.9. The van der Waals surface area contributed by atoms with Gasteiger partial charge in [-0.25, -0.2) is 9.59 Å². The maximum absolute atomic E-state index is 11.9. The van der Waals surface area contributed by atoms with E-state index in [0.717, 1.165) is 0 Å². The zero-order valence-corrected chi connectivity index (χ0v) is 12.9. The fraction of sp³-hybridized carbons (Fsp3) is 0.357. The molecule has 1 aromatic rings. The van der Waals surface area contributed by atoms with Crippen molar-refractivity contribution >= 4 is 23.6 Å². The fourth-order valence-electron chi connectivity index (χ4n) is 1.71. The molecule has 9 nitrogen and oxygen atoms in total. The Labute approximate surface area is 132 Å². The minimum atomic E-state index is -0.884.